The van der Waals surface area contributed by atoms with E-state index < -0.39 is 0 Å². The van der Waals surface area contributed by atoms with Crippen LogP contribution in [-0.4, -0.2) is 62.6 Å². The highest BCUT2D eigenvalue weighted by Crippen LogP contribution is 2.27. The molecule has 5 aromatic rings. The number of hydrogen-bond acceptors (Lipinski definition) is 7. The predicted molar refractivity (Wildman–Crippen MR) is 197 cm³/mol. The highest BCUT2D eigenvalue weighted by atomic mass is 35.5. The number of imidazole rings is 1. The first-order valence-electron chi connectivity index (χ1n) is 17.0. The average Bonchev–Trinajstić information content (AvgIpc) is 3.64. The molecular formula is C39H39ClFN7O3. The van der Waals surface area contributed by atoms with Gasteiger partial charge in [-0.25, -0.2) is 9.37 Å². The zero-order chi connectivity index (χ0) is 35.5. The minimum absolute atomic E-state index is 0.140. The molecule has 1 fully saturated rings. The van der Waals surface area contributed by atoms with Crippen LogP contribution in [0, 0.1) is 19.7 Å². The van der Waals surface area contributed by atoms with Gasteiger partial charge in [-0.3, -0.25) is 19.6 Å². The summed E-state index contributed by atoms with van der Waals surface area (Å²) in [5.41, 5.74) is 8.18. The normalized spacial score (nSPS) is 16.8. The highest BCUT2D eigenvalue weighted by molar-refractivity contribution is 6.30. The molecule has 51 heavy (non-hydrogen) atoms. The van der Waals surface area contributed by atoms with Crippen LogP contribution in [0.1, 0.15) is 45.8 Å². The molecule has 0 bridgehead atoms. The lowest BCUT2D eigenvalue weighted by Crippen LogP contribution is -2.34. The van der Waals surface area contributed by atoms with Crippen molar-refractivity contribution in [1.82, 2.24) is 30.0 Å². The van der Waals surface area contributed by atoms with Crippen molar-refractivity contribution in [2.45, 2.75) is 52.4 Å². The summed E-state index contributed by atoms with van der Waals surface area (Å²) in [7, 11) is 0. The molecule has 3 N–H and O–H groups in total. The number of aldehydes is 1. The number of carbonyl (C=O) groups is 2. The molecule has 0 radical (unpaired) electrons. The fourth-order valence-corrected chi connectivity index (χ4v) is 6.75. The smallest absolute Gasteiger partial charge is 0.255 e. The van der Waals surface area contributed by atoms with Crippen LogP contribution in [0.25, 0.3) is 21.9 Å². The number of rotatable bonds is 12. The number of anilines is 1. The van der Waals surface area contributed by atoms with Gasteiger partial charge in [0.05, 0.1) is 35.7 Å². The van der Waals surface area contributed by atoms with Crippen LogP contribution in [0.3, 0.4) is 0 Å². The monoisotopic (exact) mass is 707 g/mol. The third-order valence-corrected chi connectivity index (χ3v) is 9.74. The van der Waals surface area contributed by atoms with Crippen molar-refractivity contribution in [3.63, 3.8) is 0 Å². The first-order valence-corrected chi connectivity index (χ1v) is 17.4. The topological polar surface area (TPSA) is 117 Å². The Kier molecular flexibility index (Phi) is 10.1. The van der Waals surface area contributed by atoms with Gasteiger partial charge in [0.1, 0.15) is 17.9 Å². The van der Waals surface area contributed by atoms with Crippen LogP contribution >= 0.6 is 11.6 Å². The van der Waals surface area contributed by atoms with Crippen molar-refractivity contribution in [1.29, 1.82) is 0 Å². The number of H-pyrrole nitrogens is 1. The molecule has 1 saturated heterocycles. The summed E-state index contributed by atoms with van der Waals surface area (Å²) < 4.78 is 22.5. The molecule has 1 atom stereocenters. The number of halogens is 2. The van der Waals surface area contributed by atoms with Gasteiger partial charge in [0.25, 0.3) is 5.91 Å². The van der Waals surface area contributed by atoms with Crippen molar-refractivity contribution >= 4 is 51.4 Å². The van der Waals surface area contributed by atoms with Gasteiger partial charge in [0.15, 0.2) is 0 Å². The summed E-state index contributed by atoms with van der Waals surface area (Å²) in [6.07, 6.45) is 9.74. The number of benzene rings is 3. The molecule has 3 aromatic carbocycles. The molecule has 2 aliphatic heterocycles. The molecule has 1 amide bonds. The molecular weight excluding hydrogens is 669 g/mol. The Hall–Kier alpha value is -5.10. The number of hydrogen-bond donors (Lipinski definition) is 3. The van der Waals surface area contributed by atoms with Gasteiger partial charge in [-0.15, -0.1) is 0 Å². The first-order chi connectivity index (χ1) is 24.7. The SMILES string of the molecule is Cc1[nH]nc2c(C)cc(C(=O)Nc3ccc4c(c3)nc(CN3CC=C(/C(=C/C=C\C=O)NCc5ccc(Cl)cc5F)CC3)n4CC3CCO3)cc12. The van der Waals surface area contributed by atoms with Crippen molar-refractivity contribution < 1.29 is 18.7 Å². The third kappa shape index (κ3) is 7.65. The second-order valence-electron chi connectivity index (χ2n) is 13.0. The van der Waals surface area contributed by atoms with Crippen molar-refractivity contribution in [3.05, 3.63) is 123 Å². The number of nitrogens with zero attached hydrogens (tertiary/aromatic N) is 4. The summed E-state index contributed by atoms with van der Waals surface area (Å²) in [6.45, 7) is 7.74. The summed E-state index contributed by atoms with van der Waals surface area (Å²) in [4.78, 5) is 31.7. The Balaban J connectivity index is 1.08. The fraction of sp³-hybridized carbons (Fsp3) is 0.282. The Morgan fingerprint density at radius 1 is 1.16 bits per heavy atom. The zero-order valence-electron chi connectivity index (χ0n) is 28.5. The van der Waals surface area contributed by atoms with Crippen molar-refractivity contribution in [2.75, 3.05) is 25.0 Å². The zero-order valence-corrected chi connectivity index (χ0v) is 29.3. The second kappa shape index (κ2) is 15.0. The van der Waals surface area contributed by atoms with Gasteiger partial charge < -0.3 is 19.9 Å². The summed E-state index contributed by atoms with van der Waals surface area (Å²) in [5, 5.41) is 15.0. The summed E-state index contributed by atoms with van der Waals surface area (Å²) in [6, 6.07) is 14.2. The Morgan fingerprint density at radius 3 is 2.76 bits per heavy atom. The van der Waals surface area contributed by atoms with E-state index in [9.17, 15) is 14.0 Å². The number of aromatic amines is 1. The Labute approximate surface area is 300 Å². The average molecular weight is 708 g/mol. The van der Waals surface area contributed by atoms with Crippen molar-refractivity contribution in [3.8, 4) is 0 Å². The Morgan fingerprint density at radius 2 is 2.02 bits per heavy atom. The van der Waals surface area contributed by atoms with E-state index in [2.05, 4.69) is 36.4 Å². The standard InChI is InChI=1S/C39H39ClFN7O3/c1-24-17-28(18-32-25(2)45-46-38(24)32)39(50)43-30-8-9-36-35(20-30)44-37(48(36)22-31-12-16-51-31)23-47-13-10-26(11-14-47)34(5-3-4-15-49)42-21-27-6-7-29(40)19-33(27)41/h3-10,15,17-20,31,42H,11-14,16,21-23H2,1-2H3,(H,43,50)(H,45,46)/b4-3-,34-5-. The predicted octanol–water partition coefficient (Wildman–Crippen LogP) is 6.92. The minimum Gasteiger partial charge on any atom is -0.381 e. The van der Waals surface area contributed by atoms with E-state index in [0.717, 1.165) is 82.6 Å². The van der Waals surface area contributed by atoms with Gasteiger partial charge in [-0.1, -0.05) is 29.8 Å². The highest BCUT2D eigenvalue weighted by Gasteiger charge is 2.24. The van der Waals surface area contributed by atoms with Crippen LogP contribution in [0.2, 0.25) is 5.02 Å². The number of allylic oxidation sites excluding steroid dienone is 4. The van der Waals surface area contributed by atoms with Crippen LogP contribution < -0.4 is 10.6 Å². The number of aryl methyl sites for hydroxylation is 2. The minimum atomic E-state index is -0.372. The molecule has 2 aliphatic rings. The van der Waals surface area contributed by atoms with E-state index in [-0.39, 0.29) is 24.4 Å². The fourth-order valence-electron chi connectivity index (χ4n) is 6.59. The maximum absolute atomic E-state index is 14.5. The molecule has 1 unspecified atom stereocenters. The lowest BCUT2D eigenvalue weighted by Gasteiger charge is -2.30. The van der Waals surface area contributed by atoms with E-state index in [1.165, 1.54) is 12.1 Å². The maximum Gasteiger partial charge on any atom is 0.255 e. The van der Waals surface area contributed by atoms with Crippen LogP contribution in [0.15, 0.2) is 84.1 Å². The van der Waals surface area contributed by atoms with E-state index in [1.54, 1.807) is 18.2 Å². The number of aromatic nitrogens is 4. The number of carbonyl (C=O) groups excluding carboxylic acids is 2. The number of ether oxygens (including phenoxy) is 1. The molecule has 262 valence electrons. The summed E-state index contributed by atoms with van der Waals surface area (Å²) in [5.74, 6) is 0.364. The molecule has 12 heteroatoms. The van der Waals surface area contributed by atoms with Gasteiger partial charge >= 0.3 is 0 Å². The number of nitrogens with one attached hydrogen (secondary N) is 3. The van der Waals surface area contributed by atoms with E-state index >= 15 is 0 Å². The van der Waals surface area contributed by atoms with Gasteiger partial charge in [-0.2, -0.15) is 5.10 Å². The molecule has 2 aromatic heterocycles. The lowest BCUT2D eigenvalue weighted by molar-refractivity contribution is -0.104. The second-order valence-corrected chi connectivity index (χ2v) is 13.5. The molecule has 0 saturated carbocycles. The summed E-state index contributed by atoms with van der Waals surface area (Å²) >= 11 is 5.93. The van der Waals surface area contributed by atoms with E-state index in [1.807, 2.05) is 50.3 Å². The quantitative estimate of drug-likeness (QED) is 0.0732. The van der Waals surface area contributed by atoms with Crippen LogP contribution in [0.4, 0.5) is 10.1 Å². The lowest BCUT2D eigenvalue weighted by atomic mass is 10.0. The molecule has 4 heterocycles. The van der Waals surface area contributed by atoms with Crippen molar-refractivity contribution in [2.24, 2.45) is 0 Å². The molecule has 7 rings (SSSR count). The van der Waals surface area contributed by atoms with E-state index in [4.69, 9.17) is 21.3 Å². The largest absolute Gasteiger partial charge is 0.381 e. The number of amides is 1. The number of fused-ring (bicyclic) bond motifs is 2. The van der Waals surface area contributed by atoms with Crippen LogP contribution in [0.5, 0.6) is 0 Å². The third-order valence-electron chi connectivity index (χ3n) is 9.51. The maximum atomic E-state index is 14.5. The Bertz CT molecular complexity index is 2220. The van der Waals surface area contributed by atoms with Gasteiger partial charge in [-0.05, 0) is 92.4 Å². The molecule has 0 spiro atoms. The van der Waals surface area contributed by atoms with Crippen LogP contribution in [-0.2, 0) is 29.2 Å². The molecule has 0 aliphatic carbocycles. The van der Waals surface area contributed by atoms with Gasteiger partial charge in [0, 0.05) is 64.9 Å². The van der Waals surface area contributed by atoms with Gasteiger partial charge in [0.2, 0.25) is 0 Å². The van der Waals surface area contributed by atoms with E-state index in [0.29, 0.717) is 41.5 Å². The first kappa shape index (κ1) is 34.4. The molecule has 10 nitrogen and oxygen atoms in total.